The second-order valence-corrected chi connectivity index (χ2v) is 6.12. The van der Waals surface area contributed by atoms with Crippen LogP contribution in [0.4, 0.5) is 4.39 Å². The predicted molar refractivity (Wildman–Crippen MR) is 85.8 cm³/mol. The van der Waals surface area contributed by atoms with E-state index in [1.807, 2.05) is 13.1 Å². The van der Waals surface area contributed by atoms with Crippen molar-refractivity contribution in [1.29, 1.82) is 0 Å². The third-order valence-corrected chi connectivity index (χ3v) is 4.16. The van der Waals surface area contributed by atoms with Crippen LogP contribution < -0.4 is 5.32 Å². The summed E-state index contributed by atoms with van der Waals surface area (Å²) in [5.74, 6) is -0.378. The molecule has 1 atom stereocenters. The molecule has 1 unspecified atom stereocenters. The first-order chi connectivity index (χ1) is 9.51. The van der Waals surface area contributed by atoms with Crippen molar-refractivity contribution in [3.8, 4) is 0 Å². The minimum Gasteiger partial charge on any atom is -0.313 e. The molecule has 0 saturated heterocycles. The zero-order chi connectivity index (χ0) is 14.7. The SMILES string of the molecule is CNC(Cc1ccc(F)c(Cl)c1)c1ccc(Br)cc1C. The number of nitrogens with one attached hydrogen (secondary N) is 1. The Labute approximate surface area is 132 Å². The summed E-state index contributed by atoms with van der Waals surface area (Å²) in [6.07, 6.45) is 0.763. The normalized spacial score (nSPS) is 12.4. The van der Waals surface area contributed by atoms with Gasteiger partial charge in [-0.1, -0.05) is 39.7 Å². The van der Waals surface area contributed by atoms with Crippen LogP contribution in [-0.4, -0.2) is 7.05 Å². The van der Waals surface area contributed by atoms with E-state index < -0.39 is 0 Å². The summed E-state index contributed by atoms with van der Waals surface area (Å²) >= 11 is 9.31. The molecule has 0 bridgehead atoms. The van der Waals surface area contributed by atoms with Gasteiger partial charge in [0.1, 0.15) is 5.82 Å². The van der Waals surface area contributed by atoms with Crippen LogP contribution in [0.1, 0.15) is 22.7 Å². The Bertz CT molecular complexity index is 615. The van der Waals surface area contributed by atoms with Crippen molar-refractivity contribution in [1.82, 2.24) is 5.32 Å². The molecular formula is C16H16BrClFN. The van der Waals surface area contributed by atoms with Crippen molar-refractivity contribution in [2.24, 2.45) is 0 Å². The minimum atomic E-state index is -0.378. The van der Waals surface area contributed by atoms with Gasteiger partial charge in [-0.05, 0) is 61.3 Å². The molecule has 2 aromatic carbocycles. The lowest BCUT2D eigenvalue weighted by molar-refractivity contribution is 0.586. The summed E-state index contributed by atoms with van der Waals surface area (Å²) in [5, 5.41) is 3.48. The van der Waals surface area contributed by atoms with Gasteiger partial charge in [0, 0.05) is 10.5 Å². The highest BCUT2D eigenvalue weighted by Gasteiger charge is 2.13. The fourth-order valence-corrected chi connectivity index (χ4v) is 2.98. The van der Waals surface area contributed by atoms with E-state index in [-0.39, 0.29) is 16.9 Å². The summed E-state index contributed by atoms with van der Waals surface area (Å²) in [6, 6.07) is 11.3. The number of hydrogen-bond donors (Lipinski definition) is 1. The third kappa shape index (κ3) is 3.60. The fourth-order valence-electron chi connectivity index (χ4n) is 2.30. The Balaban J connectivity index is 2.26. The van der Waals surface area contributed by atoms with Crippen LogP contribution >= 0.6 is 27.5 Å². The highest BCUT2D eigenvalue weighted by atomic mass is 79.9. The van der Waals surface area contributed by atoms with Crippen molar-refractivity contribution in [3.05, 3.63) is 68.4 Å². The summed E-state index contributed by atoms with van der Waals surface area (Å²) < 4.78 is 14.3. The number of halogens is 3. The van der Waals surface area contributed by atoms with Gasteiger partial charge in [-0.2, -0.15) is 0 Å². The molecule has 1 N–H and O–H groups in total. The van der Waals surface area contributed by atoms with Gasteiger partial charge >= 0.3 is 0 Å². The third-order valence-electron chi connectivity index (χ3n) is 3.38. The van der Waals surface area contributed by atoms with Crippen molar-refractivity contribution in [2.45, 2.75) is 19.4 Å². The van der Waals surface area contributed by atoms with Crippen molar-refractivity contribution >= 4 is 27.5 Å². The monoisotopic (exact) mass is 355 g/mol. The molecule has 2 rings (SSSR count). The molecule has 106 valence electrons. The van der Waals surface area contributed by atoms with Crippen LogP contribution in [0.15, 0.2) is 40.9 Å². The first-order valence-electron chi connectivity index (χ1n) is 6.38. The van der Waals surface area contributed by atoms with Crippen molar-refractivity contribution in [3.63, 3.8) is 0 Å². The maximum absolute atomic E-state index is 13.2. The molecule has 0 heterocycles. The molecule has 2 aromatic rings. The van der Waals surface area contributed by atoms with Gasteiger partial charge in [-0.3, -0.25) is 0 Å². The smallest absolute Gasteiger partial charge is 0.141 e. The molecule has 1 nitrogen and oxygen atoms in total. The molecule has 0 aliphatic carbocycles. The van der Waals surface area contributed by atoms with Gasteiger partial charge < -0.3 is 5.32 Å². The van der Waals surface area contributed by atoms with Crippen molar-refractivity contribution < 1.29 is 4.39 Å². The number of hydrogen-bond acceptors (Lipinski definition) is 1. The lowest BCUT2D eigenvalue weighted by atomic mass is 9.95. The van der Waals surface area contributed by atoms with Crippen LogP contribution in [0.5, 0.6) is 0 Å². The van der Waals surface area contributed by atoms with Crippen LogP contribution in [0, 0.1) is 12.7 Å². The molecule has 0 aliphatic rings. The van der Waals surface area contributed by atoms with Gasteiger partial charge in [0.2, 0.25) is 0 Å². The van der Waals surface area contributed by atoms with Crippen LogP contribution in [0.2, 0.25) is 5.02 Å². The average molecular weight is 357 g/mol. The Kier molecular flexibility index (Phi) is 5.19. The molecule has 20 heavy (non-hydrogen) atoms. The van der Waals surface area contributed by atoms with E-state index in [2.05, 4.69) is 40.3 Å². The molecule has 0 amide bonds. The molecule has 0 spiro atoms. The van der Waals surface area contributed by atoms with Crippen molar-refractivity contribution in [2.75, 3.05) is 7.05 Å². The lowest BCUT2D eigenvalue weighted by Gasteiger charge is -2.19. The zero-order valence-electron chi connectivity index (χ0n) is 11.4. The molecule has 0 saturated carbocycles. The van der Waals surface area contributed by atoms with Crippen LogP contribution in [0.3, 0.4) is 0 Å². The van der Waals surface area contributed by atoms with E-state index in [4.69, 9.17) is 11.6 Å². The minimum absolute atomic E-state index is 0.171. The Hall–Kier alpha value is -0.900. The molecular weight excluding hydrogens is 341 g/mol. The maximum atomic E-state index is 13.2. The maximum Gasteiger partial charge on any atom is 0.141 e. The van der Waals surface area contributed by atoms with E-state index in [1.165, 1.54) is 17.2 Å². The van der Waals surface area contributed by atoms with E-state index in [1.54, 1.807) is 12.1 Å². The summed E-state index contributed by atoms with van der Waals surface area (Å²) in [7, 11) is 1.93. The van der Waals surface area contributed by atoms with E-state index in [9.17, 15) is 4.39 Å². The van der Waals surface area contributed by atoms with Gasteiger partial charge in [0.25, 0.3) is 0 Å². The fraction of sp³-hybridized carbons (Fsp3) is 0.250. The van der Waals surface area contributed by atoms with Crippen LogP contribution in [0.25, 0.3) is 0 Å². The Morgan fingerprint density at radius 2 is 2.00 bits per heavy atom. The summed E-state index contributed by atoms with van der Waals surface area (Å²) in [4.78, 5) is 0. The average Bonchev–Trinajstić information content (AvgIpc) is 2.41. The quantitative estimate of drug-likeness (QED) is 0.808. The van der Waals surface area contributed by atoms with Gasteiger partial charge in [-0.25, -0.2) is 4.39 Å². The second-order valence-electron chi connectivity index (χ2n) is 4.79. The summed E-state index contributed by atoms with van der Waals surface area (Å²) in [5.41, 5.74) is 3.46. The van der Waals surface area contributed by atoms with E-state index in [0.717, 1.165) is 16.5 Å². The highest BCUT2D eigenvalue weighted by molar-refractivity contribution is 9.10. The molecule has 4 heteroatoms. The number of likely N-dealkylation sites (N-methyl/N-ethyl adjacent to an activating group) is 1. The standard InChI is InChI=1S/C16H16BrClFN/c1-10-7-12(17)4-5-13(10)16(20-2)9-11-3-6-15(19)14(18)8-11/h3-8,16,20H,9H2,1-2H3. The Morgan fingerprint density at radius 1 is 1.25 bits per heavy atom. The Morgan fingerprint density at radius 3 is 2.60 bits per heavy atom. The van der Waals surface area contributed by atoms with E-state index in [0.29, 0.717) is 0 Å². The number of rotatable bonds is 4. The predicted octanol–water partition coefficient (Wildman–Crippen LogP) is 5.05. The molecule has 0 aromatic heterocycles. The molecule has 0 aliphatic heterocycles. The topological polar surface area (TPSA) is 12.0 Å². The second kappa shape index (κ2) is 6.70. The molecule has 0 radical (unpaired) electrons. The van der Waals surface area contributed by atoms with Crippen LogP contribution in [-0.2, 0) is 6.42 Å². The van der Waals surface area contributed by atoms with Gasteiger partial charge in [-0.15, -0.1) is 0 Å². The van der Waals surface area contributed by atoms with Gasteiger partial charge in [0.05, 0.1) is 5.02 Å². The first kappa shape index (κ1) is 15.5. The van der Waals surface area contributed by atoms with E-state index >= 15 is 0 Å². The number of aryl methyl sites for hydroxylation is 1. The lowest BCUT2D eigenvalue weighted by Crippen LogP contribution is -2.19. The largest absolute Gasteiger partial charge is 0.313 e. The first-order valence-corrected chi connectivity index (χ1v) is 7.55. The van der Waals surface area contributed by atoms with Gasteiger partial charge in [0.15, 0.2) is 0 Å². The summed E-state index contributed by atoms with van der Waals surface area (Å²) in [6.45, 7) is 2.09. The molecule has 0 fully saturated rings. The highest BCUT2D eigenvalue weighted by Crippen LogP contribution is 2.26. The zero-order valence-corrected chi connectivity index (χ0v) is 13.7. The number of benzene rings is 2.